The fourth-order valence-corrected chi connectivity index (χ4v) is 2.46. The molecule has 1 saturated carbocycles. The van der Waals surface area contributed by atoms with Crippen LogP contribution in [0.15, 0.2) is 0 Å². The third-order valence-corrected chi connectivity index (χ3v) is 3.93. The molecule has 0 heterocycles. The van der Waals surface area contributed by atoms with Crippen molar-refractivity contribution in [2.45, 2.75) is 56.6 Å². The summed E-state index contributed by atoms with van der Waals surface area (Å²) in [5, 5.41) is 24.0. The van der Waals surface area contributed by atoms with Crippen LogP contribution in [0.3, 0.4) is 0 Å². The predicted octanol–water partition coefficient (Wildman–Crippen LogP) is 0.251. The number of rotatable bonds is 6. The van der Waals surface area contributed by atoms with Crippen molar-refractivity contribution in [2.24, 2.45) is 0 Å². The Kier molecular flexibility index (Phi) is 5.31. The van der Waals surface area contributed by atoms with Gasteiger partial charge in [-0.05, 0) is 26.8 Å². The Balaban J connectivity index is 2.48. The molecule has 0 aromatic carbocycles. The van der Waals surface area contributed by atoms with Crippen molar-refractivity contribution in [3.05, 3.63) is 0 Å². The number of carboxylic acids is 1. The number of hydrogen-bond donors (Lipinski definition) is 4. The number of aliphatic hydroxyl groups is 1. The van der Waals surface area contributed by atoms with Crippen molar-refractivity contribution in [3.8, 4) is 0 Å². The molecule has 1 unspecified atom stereocenters. The Hall–Kier alpha value is -1.14. The van der Waals surface area contributed by atoms with E-state index in [4.69, 9.17) is 5.11 Å². The Bertz CT molecular complexity index is 336. The van der Waals surface area contributed by atoms with E-state index < -0.39 is 11.6 Å². The standard InChI is InChI=1S/C13H24N2O4/c1-12(19,11(17)18)9-15-10(16)8-13(14-2)6-4-3-5-7-13/h14,19H,3-9H2,1-2H3,(H,15,16)(H,17,18). The molecule has 0 saturated heterocycles. The van der Waals surface area contributed by atoms with Crippen LogP contribution in [0.1, 0.15) is 45.4 Å². The van der Waals surface area contributed by atoms with Gasteiger partial charge in [0.15, 0.2) is 5.60 Å². The molecule has 1 aliphatic rings. The third-order valence-electron chi connectivity index (χ3n) is 3.93. The van der Waals surface area contributed by atoms with Crippen LogP contribution < -0.4 is 10.6 Å². The van der Waals surface area contributed by atoms with Gasteiger partial charge in [0.05, 0.1) is 6.54 Å². The molecule has 1 atom stereocenters. The molecular weight excluding hydrogens is 248 g/mol. The van der Waals surface area contributed by atoms with Crippen LogP contribution in [-0.2, 0) is 9.59 Å². The van der Waals surface area contributed by atoms with Crippen molar-refractivity contribution >= 4 is 11.9 Å². The second-order valence-electron chi connectivity index (χ2n) is 5.62. The molecule has 110 valence electrons. The molecule has 0 aromatic heterocycles. The maximum Gasteiger partial charge on any atom is 0.337 e. The molecular formula is C13H24N2O4. The zero-order chi connectivity index (χ0) is 14.5. The van der Waals surface area contributed by atoms with Gasteiger partial charge < -0.3 is 20.8 Å². The first kappa shape index (κ1) is 15.9. The zero-order valence-electron chi connectivity index (χ0n) is 11.7. The lowest BCUT2D eigenvalue weighted by Crippen LogP contribution is -2.51. The molecule has 1 fully saturated rings. The largest absolute Gasteiger partial charge is 0.479 e. The van der Waals surface area contributed by atoms with Gasteiger partial charge in [-0.15, -0.1) is 0 Å². The number of carboxylic acid groups (broad SMARTS) is 1. The quantitative estimate of drug-likeness (QED) is 0.555. The fraction of sp³-hybridized carbons (Fsp3) is 0.846. The lowest BCUT2D eigenvalue weighted by molar-refractivity contribution is -0.156. The average Bonchev–Trinajstić information content (AvgIpc) is 2.37. The highest BCUT2D eigenvalue weighted by atomic mass is 16.4. The van der Waals surface area contributed by atoms with Gasteiger partial charge in [-0.1, -0.05) is 19.3 Å². The smallest absolute Gasteiger partial charge is 0.337 e. The molecule has 0 bridgehead atoms. The van der Waals surface area contributed by atoms with Gasteiger partial charge in [-0.25, -0.2) is 4.79 Å². The minimum absolute atomic E-state index is 0.183. The van der Waals surface area contributed by atoms with Crippen LogP contribution in [0.25, 0.3) is 0 Å². The van der Waals surface area contributed by atoms with Crippen LogP contribution in [0.5, 0.6) is 0 Å². The van der Waals surface area contributed by atoms with Crippen LogP contribution in [-0.4, -0.2) is 46.8 Å². The Morgan fingerprint density at radius 3 is 2.32 bits per heavy atom. The molecule has 0 aliphatic heterocycles. The summed E-state index contributed by atoms with van der Waals surface area (Å²) in [4.78, 5) is 22.6. The van der Waals surface area contributed by atoms with Gasteiger partial charge in [-0.3, -0.25) is 4.79 Å². The molecule has 6 heteroatoms. The molecule has 4 N–H and O–H groups in total. The third kappa shape index (κ3) is 4.47. The monoisotopic (exact) mass is 272 g/mol. The van der Waals surface area contributed by atoms with Gasteiger partial charge in [0.2, 0.25) is 5.91 Å². The molecule has 1 amide bonds. The van der Waals surface area contributed by atoms with E-state index in [0.29, 0.717) is 6.42 Å². The van der Waals surface area contributed by atoms with Crippen LogP contribution in [0.2, 0.25) is 0 Å². The maximum atomic E-state index is 11.9. The second kappa shape index (κ2) is 6.34. The molecule has 6 nitrogen and oxygen atoms in total. The fourth-order valence-electron chi connectivity index (χ4n) is 2.46. The Labute approximate surface area is 113 Å². The van der Waals surface area contributed by atoms with Gasteiger partial charge >= 0.3 is 5.97 Å². The van der Waals surface area contributed by atoms with E-state index in [9.17, 15) is 14.7 Å². The molecule has 0 spiro atoms. The number of carbonyl (C=O) groups excluding carboxylic acids is 1. The zero-order valence-corrected chi connectivity index (χ0v) is 11.7. The van der Waals surface area contributed by atoms with E-state index in [2.05, 4.69) is 10.6 Å². The number of carbonyl (C=O) groups is 2. The van der Waals surface area contributed by atoms with E-state index in [1.54, 1.807) is 0 Å². The summed E-state index contributed by atoms with van der Waals surface area (Å²) in [6.07, 6.45) is 5.61. The van der Waals surface area contributed by atoms with Gasteiger partial charge in [0.25, 0.3) is 0 Å². The minimum Gasteiger partial charge on any atom is -0.479 e. The number of amides is 1. The van der Waals surface area contributed by atoms with E-state index in [0.717, 1.165) is 25.7 Å². The first-order valence-electron chi connectivity index (χ1n) is 6.73. The van der Waals surface area contributed by atoms with Crippen LogP contribution in [0.4, 0.5) is 0 Å². The summed E-state index contributed by atoms with van der Waals surface area (Å²) in [6.45, 7) is 0.894. The van der Waals surface area contributed by atoms with Gasteiger partial charge in [0, 0.05) is 12.0 Å². The first-order chi connectivity index (χ1) is 8.81. The lowest BCUT2D eigenvalue weighted by atomic mass is 9.79. The highest BCUT2D eigenvalue weighted by molar-refractivity contribution is 5.80. The molecule has 1 aliphatic carbocycles. The number of nitrogens with one attached hydrogen (secondary N) is 2. The molecule has 0 radical (unpaired) electrons. The second-order valence-corrected chi connectivity index (χ2v) is 5.62. The summed E-state index contributed by atoms with van der Waals surface area (Å²) in [6, 6.07) is 0. The molecule has 1 rings (SSSR count). The summed E-state index contributed by atoms with van der Waals surface area (Å²) in [5.74, 6) is -1.56. The lowest BCUT2D eigenvalue weighted by Gasteiger charge is -2.36. The summed E-state index contributed by atoms with van der Waals surface area (Å²) < 4.78 is 0. The molecule has 0 aromatic rings. The van der Waals surface area contributed by atoms with Crippen molar-refractivity contribution in [3.63, 3.8) is 0 Å². The summed E-state index contributed by atoms with van der Waals surface area (Å²) >= 11 is 0. The van der Waals surface area contributed by atoms with E-state index >= 15 is 0 Å². The van der Waals surface area contributed by atoms with E-state index in [1.807, 2.05) is 7.05 Å². The van der Waals surface area contributed by atoms with Crippen LogP contribution >= 0.6 is 0 Å². The summed E-state index contributed by atoms with van der Waals surface area (Å²) in [7, 11) is 1.85. The van der Waals surface area contributed by atoms with Gasteiger partial charge in [-0.2, -0.15) is 0 Å². The highest BCUT2D eigenvalue weighted by Crippen LogP contribution is 2.30. The minimum atomic E-state index is -1.92. The predicted molar refractivity (Wildman–Crippen MR) is 70.8 cm³/mol. The SMILES string of the molecule is CNC1(CC(=O)NCC(C)(O)C(=O)O)CCCCC1. The highest BCUT2D eigenvalue weighted by Gasteiger charge is 2.34. The topological polar surface area (TPSA) is 98.7 Å². The van der Waals surface area contributed by atoms with Crippen molar-refractivity contribution < 1.29 is 19.8 Å². The van der Waals surface area contributed by atoms with E-state index in [1.165, 1.54) is 13.3 Å². The normalized spacial score (nSPS) is 21.4. The van der Waals surface area contributed by atoms with Crippen LogP contribution in [0, 0.1) is 0 Å². The summed E-state index contributed by atoms with van der Waals surface area (Å²) in [5.41, 5.74) is -2.10. The average molecular weight is 272 g/mol. The van der Waals surface area contributed by atoms with Crippen molar-refractivity contribution in [2.75, 3.05) is 13.6 Å². The van der Waals surface area contributed by atoms with Crippen molar-refractivity contribution in [1.82, 2.24) is 10.6 Å². The first-order valence-corrected chi connectivity index (χ1v) is 6.73. The van der Waals surface area contributed by atoms with Crippen molar-refractivity contribution in [1.29, 1.82) is 0 Å². The molecule has 19 heavy (non-hydrogen) atoms. The maximum absolute atomic E-state index is 11.9. The number of hydrogen-bond acceptors (Lipinski definition) is 4. The van der Waals surface area contributed by atoms with Gasteiger partial charge in [0.1, 0.15) is 0 Å². The van der Waals surface area contributed by atoms with E-state index in [-0.39, 0.29) is 18.0 Å². The number of aliphatic carboxylic acids is 1. The Morgan fingerprint density at radius 1 is 1.26 bits per heavy atom. The Morgan fingerprint density at radius 2 is 1.84 bits per heavy atom.